The lowest BCUT2D eigenvalue weighted by molar-refractivity contribution is -0.149. The summed E-state index contributed by atoms with van der Waals surface area (Å²) >= 11 is 0. The highest BCUT2D eigenvalue weighted by atomic mass is 35.5. The molecule has 0 aliphatic carbocycles. The van der Waals surface area contributed by atoms with Gasteiger partial charge >= 0.3 is 11.9 Å². The summed E-state index contributed by atoms with van der Waals surface area (Å²) in [5.41, 5.74) is 4.98. The summed E-state index contributed by atoms with van der Waals surface area (Å²) in [7, 11) is 0. The van der Waals surface area contributed by atoms with E-state index >= 15 is 0 Å². The van der Waals surface area contributed by atoms with Gasteiger partial charge in [-0.3, -0.25) is 9.59 Å². The normalized spacial score (nSPS) is 14.4. The maximum absolute atomic E-state index is 10.1. The van der Waals surface area contributed by atoms with Crippen LogP contribution in [0.15, 0.2) is 0 Å². The van der Waals surface area contributed by atoms with Crippen molar-refractivity contribution in [2.75, 3.05) is 0 Å². The predicted molar refractivity (Wildman–Crippen MR) is 39.7 cm³/mol. The minimum atomic E-state index is -1.32. The maximum Gasteiger partial charge on any atom is 0.321 e. The smallest absolute Gasteiger partial charge is 0.321 e. The molecule has 11 heavy (non-hydrogen) atoms. The molecule has 0 spiro atoms. The Morgan fingerprint density at radius 3 is 1.73 bits per heavy atom. The van der Waals surface area contributed by atoms with Gasteiger partial charge in [0, 0.05) is 0 Å². The van der Waals surface area contributed by atoms with Crippen molar-refractivity contribution in [2.24, 2.45) is 11.7 Å². The molecule has 0 aliphatic heterocycles. The molecule has 4 N–H and O–H groups in total. The van der Waals surface area contributed by atoms with E-state index < -0.39 is 23.9 Å². The second kappa shape index (κ2) is 4.92. The molecular weight excluding hydrogens is 174 g/mol. The summed E-state index contributed by atoms with van der Waals surface area (Å²) in [5.74, 6) is -3.54. The predicted octanol–water partition coefficient (Wildman–Crippen LogP) is -0.459. The molecule has 0 aliphatic rings. The third-order valence-electron chi connectivity index (χ3n) is 1.21. The van der Waals surface area contributed by atoms with Crippen molar-refractivity contribution in [3.63, 3.8) is 0 Å². The lowest BCUT2D eigenvalue weighted by Gasteiger charge is -2.09. The number of aliphatic carboxylic acids is 2. The summed E-state index contributed by atoms with van der Waals surface area (Å²) in [6.45, 7) is 1.25. The van der Waals surface area contributed by atoms with E-state index in [2.05, 4.69) is 0 Å². The highest BCUT2D eigenvalue weighted by molar-refractivity contribution is 5.85. The van der Waals surface area contributed by atoms with Crippen LogP contribution in [0.25, 0.3) is 0 Å². The Morgan fingerprint density at radius 2 is 1.64 bits per heavy atom. The average molecular weight is 184 g/mol. The van der Waals surface area contributed by atoms with Gasteiger partial charge < -0.3 is 15.9 Å². The minimum absolute atomic E-state index is 0. The fourth-order valence-electron chi connectivity index (χ4n) is 0.367. The Hall–Kier alpha value is -0.810. The standard InChI is InChI=1S/C5H9NO4.ClH/c1-2(4(7)8)3(6)5(9)10;/h2-3H,6H2,1H3,(H,7,8)(H,9,10);1H/t2?,3-;/m1./s1. The van der Waals surface area contributed by atoms with Gasteiger partial charge in [-0.25, -0.2) is 0 Å². The Balaban J connectivity index is 0. The topological polar surface area (TPSA) is 101 Å². The van der Waals surface area contributed by atoms with E-state index in [-0.39, 0.29) is 12.4 Å². The molecule has 0 saturated carbocycles. The number of halogens is 1. The van der Waals surface area contributed by atoms with E-state index in [0.29, 0.717) is 0 Å². The second-order valence-corrected chi connectivity index (χ2v) is 1.99. The zero-order chi connectivity index (χ0) is 8.31. The lowest BCUT2D eigenvalue weighted by Crippen LogP contribution is -2.40. The van der Waals surface area contributed by atoms with E-state index in [1.807, 2.05) is 0 Å². The first-order chi connectivity index (χ1) is 4.46. The Bertz CT molecular complexity index is 143. The van der Waals surface area contributed by atoms with Gasteiger partial charge in [0.05, 0.1) is 5.92 Å². The van der Waals surface area contributed by atoms with Crippen molar-refractivity contribution >= 4 is 24.3 Å². The maximum atomic E-state index is 10.1. The summed E-state index contributed by atoms with van der Waals surface area (Å²) in [6.07, 6.45) is 0. The molecule has 0 aromatic carbocycles. The lowest BCUT2D eigenvalue weighted by atomic mass is 10.0. The molecule has 1 unspecified atom stereocenters. The van der Waals surface area contributed by atoms with E-state index in [9.17, 15) is 9.59 Å². The van der Waals surface area contributed by atoms with Crippen LogP contribution in [0.2, 0.25) is 0 Å². The Kier molecular flexibility index (Phi) is 5.74. The van der Waals surface area contributed by atoms with Crippen LogP contribution in [0.3, 0.4) is 0 Å². The van der Waals surface area contributed by atoms with Crippen LogP contribution in [-0.2, 0) is 9.59 Å². The largest absolute Gasteiger partial charge is 0.481 e. The van der Waals surface area contributed by atoms with Crippen LogP contribution in [0.4, 0.5) is 0 Å². The van der Waals surface area contributed by atoms with Crippen molar-refractivity contribution in [1.82, 2.24) is 0 Å². The first-order valence-electron chi connectivity index (χ1n) is 2.68. The zero-order valence-electron chi connectivity index (χ0n) is 5.85. The van der Waals surface area contributed by atoms with Crippen LogP contribution in [0.5, 0.6) is 0 Å². The molecule has 0 heterocycles. The minimum Gasteiger partial charge on any atom is -0.481 e. The highest BCUT2D eigenvalue weighted by Crippen LogP contribution is 1.99. The average Bonchev–Trinajstić information content (AvgIpc) is 1.84. The Labute approximate surface area is 69.6 Å². The van der Waals surface area contributed by atoms with Crippen LogP contribution in [0.1, 0.15) is 6.92 Å². The van der Waals surface area contributed by atoms with Gasteiger partial charge in [0.2, 0.25) is 0 Å². The third kappa shape index (κ3) is 3.79. The molecule has 2 atom stereocenters. The van der Waals surface area contributed by atoms with Gasteiger partial charge in [-0.2, -0.15) is 0 Å². The fourth-order valence-corrected chi connectivity index (χ4v) is 0.367. The van der Waals surface area contributed by atoms with Gasteiger partial charge in [-0.15, -0.1) is 12.4 Å². The quantitative estimate of drug-likeness (QED) is 0.550. The van der Waals surface area contributed by atoms with Crippen LogP contribution >= 0.6 is 12.4 Å². The van der Waals surface area contributed by atoms with Crippen molar-refractivity contribution in [1.29, 1.82) is 0 Å². The third-order valence-corrected chi connectivity index (χ3v) is 1.21. The highest BCUT2D eigenvalue weighted by Gasteiger charge is 2.25. The SMILES string of the molecule is CC(C(=O)O)[C@@H](N)C(=O)O.Cl. The number of carboxylic acid groups (broad SMARTS) is 2. The van der Waals surface area contributed by atoms with E-state index in [4.69, 9.17) is 15.9 Å². The summed E-state index contributed by atoms with van der Waals surface area (Å²) < 4.78 is 0. The van der Waals surface area contributed by atoms with Crippen molar-refractivity contribution < 1.29 is 19.8 Å². The monoisotopic (exact) mass is 183 g/mol. The van der Waals surface area contributed by atoms with Crippen LogP contribution in [0, 0.1) is 5.92 Å². The van der Waals surface area contributed by atoms with Gasteiger partial charge in [0.25, 0.3) is 0 Å². The first kappa shape index (κ1) is 12.8. The molecular formula is C5H10ClNO4. The summed E-state index contributed by atoms with van der Waals surface area (Å²) in [4.78, 5) is 20.2. The van der Waals surface area contributed by atoms with Crippen LogP contribution < -0.4 is 5.73 Å². The van der Waals surface area contributed by atoms with Crippen molar-refractivity contribution in [3.8, 4) is 0 Å². The molecule has 6 heteroatoms. The van der Waals surface area contributed by atoms with E-state index in [1.54, 1.807) is 0 Å². The molecule has 0 saturated heterocycles. The van der Waals surface area contributed by atoms with Crippen LogP contribution in [-0.4, -0.2) is 28.2 Å². The molecule has 0 aromatic heterocycles. The number of hydrogen-bond donors (Lipinski definition) is 3. The molecule has 0 amide bonds. The summed E-state index contributed by atoms with van der Waals surface area (Å²) in [5, 5.41) is 16.5. The molecule has 5 nitrogen and oxygen atoms in total. The van der Waals surface area contributed by atoms with E-state index in [1.165, 1.54) is 6.92 Å². The number of carboxylic acids is 2. The number of hydrogen-bond acceptors (Lipinski definition) is 3. The van der Waals surface area contributed by atoms with Gasteiger partial charge in [-0.05, 0) is 6.92 Å². The fraction of sp³-hybridized carbons (Fsp3) is 0.600. The van der Waals surface area contributed by atoms with Gasteiger partial charge in [-0.1, -0.05) is 0 Å². The molecule has 0 rings (SSSR count). The molecule has 0 fully saturated rings. The van der Waals surface area contributed by atoms with Crippen molar-refractivity contribution in [2.45, 2.75) is 13.0 Å². The number of carbonyl (C=O) groups is 2. The molecule has 66 valence electrons. The zero-order valence-corrected chi connectivity index (χ0v) is 6.67. The first-order valence-corrected chi connectivity index (χ1v) is 2.68. The second-order valence-electron chi connectivity index (χ2n) is 1.99. The molecule has 0 radical (unpaired) electrons. The molecule has 0 bridgehead atoms. The van der Waals surface area contributed by atoms with Gasteiger partial charge in [0.1, 0.15) is 6.04 Å². The Morgan fingerprint density at radius 1 is 1.27 bits per heavy atom. The van der Waals surface area contributed by atoms with Crippen molar-refractivity contribution in [3.05, 3.63) is 0 Å². The summed E-state index contributed by atoms with van der Waals surface area (Å²) in [6, 6.07) is -1.32. The number of nitrogens with two attached hydrogens (primary N) is 1. The van der Waals surface area contributed by atoms with E-state index in [0.717, 1.165) is 0 Å². The number of rotatable bonds is 3. The molecule has 0 aromatic rings. The van der Waals surface area contributed by atoms with Gasteiger partial charge in [0.15, 0.2) is 0 Å².